The fourth-order valence-electron chi connectivity index (χ4n) is 4.18. The number of para-hydroxylation sites is 4. The maximum atomic E-state index is 4.62. The van der Waals surface area contributed by atoms with Crippen LogP contribution in [-0.2, 0) is 0 Å². The third kappa shape index (κ3) is 3.64. The van der Waals surface area contributed by atoms with Crippen molar-refractivity contribution in [3.63, 3.8) is 0 Å². The molecular formula is C28H18N6S2. The molecule has 0 aliphatic carbocycles. The van der Waals surface area contributed by atoms with Gasteiger partial charge in [-0.3, -0.25) is 18.8 Å². The average Bonchev–Trinajstić information content (AvgIpc) is 3.69. The van der Waals surface area contributed by atoms with Crippen LogP contribution in [0.15, 0.2) is 110 Å². The second-order valence-electron chi connectivity index (χ2n) is 8.13. The number of aromatic nitrogens is 6. The van der Waals surface area contributed by atoms with Gasteiger partial charge in [-0.1, -0.05) is 59.1 Å². The van der Waals surface area contributed by atoms with Crippen molar-refractivity contribution in [2.24, 2.45) is 0 Å². The van der Waals surface area contributed by atoms with Crippen molar-refractivity contribution >= 4 is 54.7 Å². The van der Waals surface area contributed by atoms with E-state index in [2.05, 4.69) is 53.3 Å². The monoisotopic (exact) mass is 502 g/mol. The quantitative estimate of drug-likeness (QED) is 0.250. The Labute approximate surface area is 213 Å². The van der Waals surface area contributed by atoms with Gasteiger partial charge in [0, 0.05) is 24.8 Å². The summed E-state index contributed by atoms with van der Waals surface area (Å²) in [5.41, 5.74) is 6.36. The number of benzene rings is 2. The van der Waals surface area contributed by atoms with E-state index in [1.54, 1.807) is 22.7 Å². The van der Waals surface area contributed by atoms with E-state index in [0.29, 0.717) is 0 Å². The molecule has 8 rings (SSSR count). The first-order chi connectivity index (χ1) is 17.8. The molecule has 8 aromatic rings. The van der Waals surface area contributed by atoms with Gasteiger partial charge in [0.1, 0.15) is 0 Å². The van der Waals surface area contributed by atoms with Gasteiger partial charge in [0.15, 0.2) is 9.92 Å². The smallest absolute Gasteiger partial charge is 0.195 e. The lowest BCUT2D eigenvalue weighted by atomic mass is 10.3. The number of imidazole rings is 2. The van der Waals surface area contributed by atoms with Crippen LogP contribution in [-0.4, -0.2) is 28.7 Å². The Bertz CT molecular complexity index is 1800. The second-order valence-corrected chi connectivity index (χ2v) is 10.1. The van der Waals surface area contributed by atoms with Gasteiger partial charge < -0.3 is 0 Å². The van der Waals surface area contributed by atoms with Gasteiger partial charge in [0.2, 0.25) is 0 Å². The van der Waals surface area contributed by atoms with Crippen LogP contribution in [0.2, 0.25) is 0 Å². The Hall–Kier alpha value is -4.40. The Balaban J connectivity index is 0.000000122. The van der Waals surface area contributed by atoms with E-state index in [0.717, 1.165) is 53.1 Å². The molecular weight excluding hydrogens is 484 g/mol. The molecule has 0 radical (unpaired) electrons. The molecule has 0 fully saturated rings. The van der Waals surface area contributed by atoms with Crippen LogP contribution in [0.1, 0.15) is 0 Å². The zero-order valence-corrected chi connectivity index (χ0v) is 20.5. The molecule has 0 unspecified atom stereocenters. The molecule has 36 heavy (non-hydrogen) atoms. The third-order valence-electron chi connectivity index (χ3n) is 5.86. The van der Waals surface area contributed by atoms with Crippen molar-refractivity contribution < 1.29 is 0 Å². The van der Waals surface area contributed by atoms with E-state index >= 15 is 0 Å². The predicted octanol–water partition coefficient (Wildman–Crippen LogP) is 7.22. The molecule has 6 nitrogen and oxygen atoms in total. The number of nitrogens with zero attached hydrogens (tertiary/aromatic N) is 6. The molecule has 0 saturated heterocycles. The maximum Gasteiger partial charge on any atom is 0.195 e. The molecule has 0 N–H and O–H groups in total. The summed E-state index contributed by atoms with van der Waals surface area (Å²) in [6, 6.07) is 28.3. The number of fused-ring (bicyclic) bond motifs is 6. The SMILES string of the molecule is c1ccc(-c2cn3c(nc4ccccc43)s2)nc1.c1ccc(-c2cn3c(nc4ccccc43)s2)nc1. The Kier molecular flexibility index (Phi) is 5.04. The number of pyridine rings is 2. The van der Waals surface area contributed by atoms with Crippen molar-refractivity contribution in [3.05, 3.63) is 110 Å². The Morgan fingerprint density at radius 1 is 0.500 bits per heavy atom. The van der Waals surface area contributed by atoms with E-state index < -0.39 is 0 Å². The summed E-state index contributed by atoms with van der Waals surface area (Å²) in [7, 11) is 0. The first-order valence-corrected chi connectivity index (χ1v) is 13.0. The van der Waals surface area contributed by atoms with Crippen molar-refractivity contribution in [3.8, 4) is 21.1 Å². The number of thiazole rings is 2. The predicted molar refractivity (Wildman–Crippen MR) is 148 cm³/mol. The van der Waals surface area contributed by atoms with Gasteiger partial charge in [0.25, 0.3) is 0 Å². The lowest BCUT2D eigenvalue weighted by Crippen LogP contribution is -1.79. The molecule has 0 aliphatic heterocycles. The summed E-state index contributed by atoms with van der Waals surface area (Å²) in [5, 5.41) is 0. The van der Waals surface area contributed by atoms with Crippen LogP contribution in [0.3, 0.4) is 0 Å². The van der Waals surface area contributed by atoms with E-state index in [-0.39, 0.29) is 0 Å². The number of hydrogen-bond donors (Lipinski definition) is 0. The summed E-state index contributed by atoms with van der Waals surface area (Å²) in [5.74, 6) is 0. The fourth-order valence-corrected chi connectivity index (χ4v) is 6.12. The first-order valence-electron chi connectivity index (χ1n) is 11.4. The number of hydrogen-bond acceptors (Lipinski definition) is 6. The highest BCUT2D eigenvalue weighted by molar-refractivity contribution is 7.20. The fraction of sp³-hybridized carbons (Fsp3) is 0. The summed E-state index contributed by atoms with van der Waals surface area (Å²) in [6.07, 6.45) is 7.85. The lowest BCUT2D eigenvalue weighted by Gasteiger charge is -1.93. The molecule has 8 heteroatoms. The molecule has 0 atom stereocenters. The summed E-state index contributed by atoms with van der Waals surface area (Å²) in [4.78, 5) is 22.3. The van der Waals surface area contributed by atoms with Crippen molar-refractivity contribution in [1.29, 1.82) is 0 Å². The summed E-state index contributed by atoms with van der Waals surface area (Å²) >= 11 is 3.33. The molecule has 0 spiro atoms. The minimum absolute atomic E-state index is 0.997. The second kappa shape index (κ2) is 8.67. The largest absolute Gasteiger partial charge is 0.290 e. The molecule has 0 aliphatic rings. The van der Waals surface area contributed by atoms with Crippen molar-refractivity contribution in [2.45, 2.75) is 0 Å². The Morgan fingerprint density at radius 3 is 1.39 bits per heavy atom. The van der Waals surface area contributed by atoms with Gasteiger partial charge >= 0.3 is 0 Å². The van der Waals surface area contributed by atoms with Crippen LogP contribution in [0.25, 0.3) is 53.1 Å². The molecule has 6 aromatic heterocycles. The first kappa shape index (κ1) is 20.9. The van der Waals surface area contributed by atoms with E-state index in [9.17, 15) is 0 Å². The van der Waals surface area contributed by atoms with Gasteiger partial charge in [-0.05, 0) is 48.5 Å². The average molecular weight is 503 g/mol. The molecule has 0 saturated carbocycles. The standard InChI is InChI=1S/2C14H9N3S/c2*1-2-7-12-10(5-1)16-14-17(12)9-13(18-14)11-6-3-4-8-15-11/h2*1-9H. The third-order valence-corrected chi connectivity index (χ3v) is 7.87. The molecule has 0 amide bonds. The minimum atomic E-state index is 0.997. The van der Waals surface area contributed by atoms with Crippen LogP contribution < -0.4 is 0 Å². The van der Waals surface area contributed by atoms with Gasteiger partial charge in [-0.25, -0.2) is 9.97 Å². The van der Waals surface area contributed by atoms with Crippen molar-refractivity contribution in [2.75, 3.05) is 0 Å². The van der Waals surface area contributed by atoms with Gasteiger partial charge in [-0.15, -0.1) is 0 Å². The zero-order chi connectivity index (χ0) is 23.9. The van der Waals surface area contributed by atoms with E-state index in [1.165, 1.54) is 0 Å². The van der Waals surface area contributed by atoms with Crippen LogP contribution in [0, 0.1) is 0 Å². The van der Waals surface area contributed by atoms with Crippen LogP contribution >= 0.6 is 22.7 Å². The lowest BCUT2D eigenvalue weighted by molar-refractivity contribution is 1.27. The van der Waals surface area contributed by atoms with Crippen LogP contribution in [0.5, 0.6) is 0 Å². The van der Waals surface area contributed by atoms with Crippen LogP contribution in [0.4, 0.5) is 0 Å². The summed E-state index contributed by atoms with van der Waals surface area (Å²) in [6.45, 7) is 0. The van der Waals surface area contributed by atoms with Crippen molar-refractivity contribution in [1.82, 2.24) is 28.7 Å². The zero-order valence-electron chi connectivity index (χ0n) is 18.9. The van der Waals surface area contributed by atoms with E-state index in [1.807, 2.05) is 85.2 Å². The molecule has 172 valence electrons. The highest BCUT2D eigenvalue weighted by atomic mass is 32.1. The summed E-state index contributed by atoms with van der Waals surface area (Å²) < 4.78 is 4.26. The Morgan fingerprint density at radius 2 is 0.944 bits per heavy atom. The number of rotatable bonds is 2. The van der Waals surface area contributed by atoms with E-state index in [4.69, 9.17) is 0 Å². The van der Waals surface area contributed by atoms with Gasteiger partial charge in [-0.2, -0.15) is 0 Å². The molecule has 6 heterocycles. The highest BCUT2D eigenvalue weighted by Gasteiger charge is 2.11. The maximum absolute atomic E-state index is 4.62. The molecule has 2 aromatic carbocycles. The normalized spacial score (nSPS) is 11.3. The molecule has 0 bridgehead atoms. The topological polar surface area (TPSA) is 60.4 Å². The minimum Gasteiger partial charge on any atom is -0.290 e. The highest BCUT2D eigenvalue weighted by Crippen LogP contribution is 2.30. The van der Waals surface area contributed by atoms with Gasteiger partial charge in [0.05, 0.1) is 43.2 Å².